The minimum atomic E-state index is -1.65. The number of aliphatic hydroxyl groups excluding tert-OH is 4. The highest BCUT2D eigenvalue weighted by Crippen LogP contribution is 2.33. The first-order valence-electron chi connectivity index (χ1n) is 9.09. The number of hydrogen-bond acceptors (Lipinski definition) is 8. The summed E-state index contributed by atoms with van der Waals surface area (Å²) in [6.07, 6.45) is -7.47. The third-order valence-electron chi connectivity index (χ3n) is 4.87. The largest absolute Gasteiger partial charge is 0.454 e. The van der Waals surface area contributed by atoms with Gasteiger partial charge in [0.1, 0.15) is 30.0 Å². The highest BCUT2D eigenvalue weighted by Gasteiger charge is 2.45. The lowest BCUT2D eigenvalue weighted by Crippen LogP contribution is -2.60. The van der Waals surface area contributed by atoms with Crippen LogP contribution in [0.4, 0.5) is 0 Å². The molecule has 0 amide bonds. The molecule has 152 valence electrons. The summed E-state index contributed by atoms with van der Waals surface area (Å²) in [5, 5.41) is 39.8. The average molecular weight is 400 g/mol. The summed E-state index contributed by atoms with van der Waals surface area (Å²) in [7, 11) is 0. The molecule has 8 heteroatoms. The van der Waals surface area contributed by atoms with Crippen LogP contribution in [0.3, 0.4) is 0 Å². The van der Waals surface area contributed by atoms with Gasteiger partial charge in [-0.25, -0.2) is 0 Å². The van der Waals surface area contributed by atoms with Crippen LogP contribution in [0.5, 0.6) is 5.75 Å². The molecule has 3 aromatic rings. The molecule has 0 spiro atoms. The van der Waals surface area contributed by atoms with E-state index >= 15 is 0 Å². The summed E-state index contributed by atoms with van der Waals surface area (Å²) >= 11 is 0. The fourth-order valence-corrected chi connectivity index (χ4v) is 3.29. The van der Waals surface area contributed by atoms with E-state index in [-0.39, 0.29) is 16.9 Å². The van der Waals surface area contributed by atoms with Crippen LogP contribution in [0.15, 0.2) is 63.8 Å². The molecule has 0 radical (unpaired) electrons. The standard InChI is InChI=1S/C21H20O8/c22-10-14-16(24)17(25)18(26)21(28-14)29-20-15(23)12-8-4-5-9-13(12)27-19(20)11-6-2-1-3-7-11/h1-9,14,16-18,21-22,24-26H,10H2/t14-,16-,17+,18-,21?/m1/s1. The summed E-state index contributed by atoms with van der Waals surface area (Å²) in [6, 6.07) is 15.4. The Hall–Kier alpha value is -2.75. The fourth-order valence-electron chi connectivity index (χ4n) is 3.29. The topological polar surface area (TPSA) is 130 Å². The van der Waals surface area contributed by atoms with E-state index < -0.39 is 42.7 Å². The molecule has 1 aliphatic rings. The number of fused-ring (bicyclic) bond motifs is 1. The first kappa shape index (κ1) is 19.6. The second-order valence-electron chi connectivity index (χ2n) is 6.77. The zero-order valence-corrected chi connectivity index (χ0v) is 15.2. The normalized spacial score (nSPS) is 27.1. The monoisotopic (exact) mass is 400 g/mol. The molecule has 2 aromatic carbocycles. The molecule has 4 N–H and O–H groups in total. The van der Waals surface area contributed by atoms with Gasteiger partial charge in [-0.05, 0) is 12.1 Å². The van der Waals surface area contributed by atoms with Gasteiger partial charge in [0.25, 0.3) is 0 Å². The molecule has 1 saturated heterocycles. The maximum absolute atomic E-state index is 13.1. The van der Waals surface area contributed by atoms with Crippen LogP contribution >= 0.6 is 0 Å². The predicted molar refractivity (Wildman–Crippen MR) is 102 cm³/mol. The Bertz CT molecular complexity index is 1050. The molecule has 0 aliphatic carbocycles. The van der Waals surface area contributed by atoms with Crippen LogP contribution in [0.2, 0.25) is 0 Å². The summed E-state index contributed by atoms with van der Waals surface area (Å²) < 4.78 is 17.0. The van der Waals surface area contributed by atoms with Gasteiger partial charge >= 0.3 is 0 Å². The molecule has 0 bridgehead atoms. The van der Waals surface area contributed by atoms with Crippen molar-refractivity contribution in [3.63, 3.8) is 0 Å². The van der Waals surface area contributed by atoms with Crippen molar-refractivity contribution in [3.8, 4) is 17.1 Å². The van der Waals surface area contributed by atoms with E-state index in [1.165, 1.54) is 0 Å². The van der Waals surface area contributed by atoms with Crippen molar-refractivity contribution in [3.05, 3.63) is 64.8 Å². The Morgan fingerprint density at radius 3 is 2.31 bits per heavy atom. The minimum Gasteiger partial charge on any atom is -0.454 e. The summed E-state index contributed by atoms with van der Waals surface area (Å²) in [5.41, 5.74) is 0.440. The molecule has 1 aliphatic heterocycles. The lowest BCUT2D eigenvalue weighted by atomic mass is 9.99. The summed E-state index contributed by atoms with van der Waals surface area (Å²) in [5.74, 6) is -0.0783. The van der Waals surface area contributed by atoms with E-state index in [0.29, 0.717) is 11.1 Å². The second kappa shape index (κ2) is 7.94. The SMILES string of the molecule is O=c1c(OC2O[C@H](CO)[C@@H](O)[C@H](O)[C@H]2O)c(-c2ccccc2)oc2ccccc12. The third-order valence-corrected chi connectivity index (χ3v) is 4.87. The molecule has 1 fully saturated rings. The van der Waals surface area contributed by atoms with Crippen LogP contribution in [0.25, 0.3) is 22.3 Å². The number of ether oxygens (including phenoxy) is 2. The van der Waals surface area contributed by atoms with Gasteiger partial charge in [-0.1, -0.05) is 42.5 Å². The molecule has 5 atom stereocenters. The van der Waals surface area contributed by atoms with Gasteiger partial charge in [0.15, 0.2) is 5.76 Å². The zero-order valence-electron chi connectivity index (χ0n) is 15.2. The van der Waals surface area contributed by atoms with Crippen LogP contribution in [-0.2, 0) is 4.74 Å². The van der Waals surface area contributed by atoms with Crippen molar-refractivity contribution in [1.29, 1.82) is 0 Å². The van der Waals surface area contributed by atoms with Gasteiger partial charge in [-0.3, -0.25) is 4.79 Å². The van der Waals surface area contributed by atoms with Crippen molar-refractivity contribution in [2.24, 2.45) is 0 Å². The quantitative estimate of drug-likeness (QED) is 0.502. The molecular formula is C21H20O8. The van der Waals surface area contributed by atoms with Crippen LogP contribution < -0.4 is 10.2 Å². The van der Waals surface area contributed by atoms with Crippen molar-refractivity contribution in [1.82, 2.24) is 0 Å². The van der Waals surface area contributed by atoms with Gasteiger partial charge < -0.3 is 34.3 Å². The molecule has 2 heterocycles. The fraction of sp³-hybridized carbons (Fsp3) is 0.286. The minimum absolute atomic E-state index is 0.131. The first-order chi connectivity index (χ1) is 14.0. The highest BCUT2D eigenvalue weighted by molar-refractivity contribution is 5.81. The Morgan fingerprint density at radius 2 is 1.59 bits per heavy atom. The number of benzene rings is 2. The van der Waals surface area contributed by atoms with E-state index in [2.05, 4.69) is 0 Å². The zero-order chi connectivity index (χ0) is 20.5. The van der Waals surface area contributed by atoms with Gasteiger partial charge in [0, 0.05) is 5.56 Å². The van der Waals surface area contributed by atoms with Crippen molar-refractivity contribution in [2.45, 2.75) is 30.7 Å². The van der Waals surface area contributed by atoms with E-state index in [9.17, 15) is 25.2 Å². The Balaban J connectivity index is 1.82. The maximum atomic E-state index is 13.1. The van der Waals surface area contributed by atoms with Gasteiger partial charge in [0.2, 0.25) is 17.5 Å². The van der Waals surface area contributed by atoms with E-state index in [1.54, 1.807) is 54.6 Å². The predicted octanol–water partition coefficient (Wildman–Crippen LogP) is 0.639. The van der Waals surface area contributed by atoms with E-state index in [1.807, 2.05) is 0 Å². The smallest absolute Gasteiger partial charge is 0.235 e. The molecule has 1 aromatic heterocycles. The molecule has 4 rings (SSSR count). The number of aliphatic hydroxyl groups is 4. The highest BCUT2D eigenvalue weighted by atomic mass is 16.7. The van der Waals surface area contributed by atoms with Crippen molar-refractivity contribution >= 4 is 11.0 Å². The molecule has 1 unspecified atom stereocenters. The lowest BCUT2D eigenvalue weighted by Gasteiger charge is -2.39. The summed E-state index contributed by atoms with van der Waals surface area (Å²) in [6.45, 7) is -0.608. The molecule has 8 nitrogen and oxygen atoms in total. The third kappa shape index (κ3) is 3.52. The van der Waals surface area contributed by atoms with E-state index in [4.69, 9.17) is 13.9 Å². The van der Waals surface area contributed by atoms with Crippen molar-refractivity contribution < 1.29 is 34.3 Å². The number of hydrogen-bond donors (Lipinski definition) is 4. The van der Waals surface area contributed by atoms with Crippen LogP contribution in [0, 0.1) is 0 Å². The average Bonchev–Trinajstić information content (AvgIpc) is 2.76. The Morgan fingerprint density at radius 1 is 0.897 bits per heavy atom. The van der Waals surface area contributed by atoms with Gasteiger partial charge in [0.05, 0.1) is 12.0 Å². The molecular weight excluding hydrogens is 380 g/mol. The molecule has 29 heavy (non-hydrogen) atoms. The van der Waals surface area contributed by atoms with E-state index in [0.717, 1.165) is 0 Å². The first-order valence-corrected chi connectivity index (χ1v) is 9.09. The van der Waals surface area contributed by atoms with Gasteiger partial charge in [-0.15, -0.1) is 0 Å². The van der Waals surface area contributed by atoms with Crippen LogP contribution in [-0.4, -0.2) is 57.7 Å². The Kier molecular flexibility index (Phi) is 5.35. The Labute approximate surface area is 165 Å². The second-order valence-corrected chi connectivity index (χ2v) is 6.77. The molecule has 0 saturated carbocycles. The van der Waals surface area contributed by atoms with Crippen LogP contribution in [0.1, 0.15) is 0 Å². The number of para-hydroxylation sites is 1. The lowest BCUT2D eigenvalue weighted by molar-refractivity contribution is -0.277. The number of rotatable bonds is 4. The maximum Gasteiger partial charge on any atom is 0.235 e. The van der Waals surface area contributed by atoms with Gasteiger partial charge in [-0.2, -0.15) is 0 Å². The van der Waals surface area contributed by atoms with Crippen molar-refractivity contribution in [2.75, 3.05) is 6.61 Å². The summed E-state index contributed by atoms with van der Waals surface area (Å²) in [4.78, 5) is 13.1.